The number of carboxylic acids is 2. The number of carbonyl (C=O) groups excluding carboxylic acids is 3. The van der Waals surface area contributed by atoms with Crippen LogP contribution >= 0.6 is 11.3 Å². The monoisotopic (exact) mass is 624 g/mol. The molecule has 0 unspecified atom stereocenters. The van der Waals surface area contributed by atoms with Crippen molar-refractivity contribution in [3.8, 4) is 0 Å². The van der Waals surface area contributed by atoms with Gasteiger partial charge in [0.15, 0.2) is 23.2 Å². The van der Waals surface area contributed by atoms with Crippen LogP contribution in [0.15, 0.2) is 58.0 Å². The molecule has 16 heteroatoms. The minimum absolute atomic E-state index is 0.0121. The van der Waals surface area contributed by atoms with Crippen molar-refractivity contribution in [1.29, 1.82) is 0 Å². The maximum atomic E-state index is 13.3. The number of hydrogen-bond acceptors (Lipinski definition) is 10. The molecule has 2 saturated heterocycles. The van der Waals surface area contributed by atoms with Crippen molar-refractivity contribution in [2.75, 3.05) is 17.2 Å². The fraction of sp³-hybridized carbons (Fsp3) is 0.357. The van der Waals surface area contributed by atoms with Crippen LogP contribution in [-0.4, -0.2) is 79.7 Å². The molecule has 230 valence electrons. The lowest BCUT2D eigenvalue weighted by molar-refractivity contribution is -0.670. The van der Waals surface area contributed by atoms with Gasteiger partial charge in [0.1, 0.15) is 30.2 Å². The van der Waals surface area contributed by atoms with Gasteiger partial charge in [0, 0.05) is 23.6 Å². The van der Waals surface area contributed by atoms with Gasteiger partial charge in [0.05, 0.1) is 6.04 Å². The average Bonchev–Trinajstić information content (AvgIpc) is 3.56. The van der Waals surface area contributed by atoms with Gasteiger partial charge in [-0.3, -0.25) is 19.3 Å². The standard InChI is InChI=1S/C28H29N7O8S/c1-28(2,26(41)42)43-32-19(17-13-44-27(29)30-17)22(36)31-20-18-7-6-14(21(25(39)40)35(18)24(20)38)11-15-8-10-34(23(15)37)16-5-4-9-33(3)12-16/h4-5,9,11-13,18,20H,6-8,10H2,1-3H3,(H4-,29,30,31,36,39,40,41,42)/p+1/b15-11?,32-19-/t18-,20+/m1/s1. The van der Waals surface area contributed by atoms with Crippen molar-refractivity contribution in [2.45, 2.75) is 50.8 Å². The number of thiazole rings is 1. The minimum atomic E-state index is -1.78. The Bertz CT molecular complexity index is 1680. The van der Waals surface area contributed by atoms with Gasteiger partial charge in [-0.2, -0.15) is 0 Å². The van der Waals surface area contributed by atoms with Crippen LogP contribution in [0.1, 0.15) is 38.8 Å². The molecule has 3 amide bonds. The number of oxime groups is 1. The summed E-state index contributed by atoms with van der Waals surface area (Å²) in [6.45, 7) is 2.92. The van der Waals surface area contributed by atoms with Crippen molar-refractivity contribution in [2.24, 2.45) is 12.2 Å². The van der Waals surface area contributed by atoms with Crippen molar-refractivity contribution >= 4 is 57.5 Å². The fourth-order valence-electron chi connectivity index (χ4n) is 5.18. The molecule has 0 aliphatic carbocycles. The van der Waals surface area contributed by atoms with E-state index in [1.165, 1.54) is 19.2 Å². The van der Waals surface area contributed by atoms with E-state index in [4.69, 9.17) is 10.6 Å². The van der Waals surface area contributed by atoms with Crippen LogP contribution in [0.5, 0.6) is 0 Å². The Hall–Kier alpha value is -5.12. The van der Waals surface area contributed by atoms with Crippen LogP contribution in [-0.2, 0) is 35.9 Å². The number of aryl methyl sites for hydroxylation is 1. The molecule has 5 N–H and O–H groups in total. The Morgan fingerprint density at radius 1 is 1.27 bits per heavy atom. The Labute approximate surface area is 254 Å². The number of rotatable bonds is 9. The summed E-state index contributed by atoms with van der Waals surface area (Å²) in [4.78, 5) is 75.4. The lowest BCUT2D eigenvalue weighted by Gasteiger charge is -2.50. The number of carboxylic acid groups (broad SMARTS) is 2. The van der Waals surface area contributed by atoms with E-state index in [0.717, 1.165) is 21.9 Å². The molecule has 44 heavy (non-hydrogen) atoms. The molecular weight excluding hydrogens is 594 g/mol. The van der Waals surface area contributed by atoms with Gasteiger partial charge in [-0.25, -0.2) is 19.1 Å². The second-order valence-corrected chi connectivity index (χ2v) is 11.9. The number of β-lactam (4-membered cyclic amide) rings is 1. The number of aromatic nitrogens is 2. The highest BCUT2D eigenvalue weighted by Gasteiger charge is 2.53. The maximum Gasteiger partial charge on any atom is 0.352 e. The summed E-state index contributed by atoms with van der Waals surface area (Å²) in [6, 6.07) is 1.90. The number of allylic oxidation sites excluding steroid dienone is 2. The molecule has 0 spiro atoms. The van der Waals surface area contributed by atoms with E-state index >= 15 is 0 Å². The third-order valence-electron chi connectivity index (χ3n) is 7.53. The lowest BCUT2D eigenvalue weighted by atomic mass is 9.82. The summed E-state index contributed by atoms with van der Waals surface area (Å²) >= 11 is 1.02. The smallest absolute Gasteiger partial charge is 0.352 e. The highest BCUT2D eigenvalue weighted by Crippen LogP contribution is 2.38. The molecule has 2 fully saturated rings. The van der Waals surface area contributed by atoms with Gasteiger partial charge in [-0.1, -0.05) is 5.16 Å². The van der Waals surface area contributed by atoms with E-state index in [1.54, 1.807) is 11.0 Å². The Morgan fingerprint density at radius 3 is 2.66 bits per heavy atom. The first kappa shape index (κ1) is 30.3. The maximum absolute atomic E-state index is 13.3. The van der Waals surface area contributed by atoms with E-state index in [1.807, 2.05) is 36.1 Å². The van der Waals surface area contributed by atoms with Crippen molar-refractivity contribution in [1.82, 2.24) is 15.2 Å². The van der Waals surface area contributed by atoms with E-state index in [0.29, 0.717) is 30.5 Å². The fourth-order valence-corrected chi connectivity index (χ4v) is 5.73. The highest BCUT2D eigenvalue weighted by molar-refractivity contribution is 7.13. The minimum Gasteiger partial charge on any atom is -0.478 e. The van der Waals surface area contributed by atoms with Gasteiger partial charge in [0.2, 0.25) is 5.60 Å². The lowest BCUT2D eigenvalue weighted by Crippen LogP contribution is -2.72. The number of fused-ring (bicyclic) bond motifs is 1. The van der Waals surface area contributed by atoms with Crippen molar-refractivity contribution in [3.63, 3.8) is 0 Å². The Morgan fingerprint density at radius 2 is 2.02 bits per heavy atom. The van der Waals surface area contributed by atoms with Crippen LogP contribution < -0.4 is 20.5 Å². The average molecular weight is 625 g/mol. The summed E-state index contributed by atoms with van der Waals surface area (Å²) in [7, 11) is 1.85. The number of aliphatic carboxylic acids is 2. The van der Waals surface area contributed by atoms with Crippen LogP contribution in [0.25, 0.3) is 0 Å². The number of carbonyl (C=O) groups is 5. The summed E-state index contributed by atoms with van der Waals surface area (Å²) in [5.74, 6) is -4.43. The van der Waals surface area contributed by atoms with Crippen molar-refractivity contribution < 1.29 is 43.6 Å². The number of pyridine rings is 1. The van der Waals surface area contributed by atoms with Gasteiger partial charge in [-0.15, -0.1) is 11.3 Å². The number of nitrogens with zero attached hydrogens (tertiary/aromatic N) is 5. The van der Waals surface area contributed by atoms with Gasteiger partial charge in [0.25, 0.3) is 17.7 Å². The zero-order valence-electron chi connectivity index (χ0n) is 24.0. The van der Waals surface area contributed by atoms with Crippen LogP contribution in [0.2, 0.25) is 0 Å². The molecule has 15 nitrogen and oxygen atoms in total. The third kappa shape index (κ3) is 5.62. The zero-order chi connectivity index (χ0) is 31.9. The summed E-state index contributed by atoms with van der Waals surface area (Å²) in [6.07, 6.45) is 6.20. The molecule has 2 atom stereocenters. The predicted molar refractivity (Wildman–Crippen MR) is 155 cm³/mol. The SMILES string of the molecule is C[n+]1cccc(N2CCC(=CC3=C(C(=O)O)N4C(=O)[C@@H](NC(=O)/C(=N\OC(C)(C)C(=O)O)c5csc(N)n5)[C@H]4CC3)C2=O)c1. The molecule has 0 bridgehead atoms. The number of amides is 3. The molecule has 0 aromatic carbocycles. The topological polar surface area (TPSA) is 209 Å². The largest absolute Gasteiger partial charge is 0.478 e. The summed E-state index contributed by atoms with van der Waals surface area (Å²) in [5.41, 5.74) is 4.80. The second-order valence-electron chi connectivity index (χ2n) is 11.0. The van der Waals surface area contributed by atoms with Gasteiger partial charge in [-0.05, 0) is 50.8 Å². The predicted octanol–water partition coefficient (Wildman–Crippen LogP) is 0.325. The first-order valence-electron chi connectivity index (χ1n) is 13.6. The van der Waals surface area contributed by atoms with E-state index in [-0.39, 0.29) is 28.9 Å². The van der Waals surface area contributed by atoms with E-state index in [9.17, 15) is 34.2 Å². The molecule has 2 aromatic heterocycles. The van der Waals surface area contributed by atoms with E-state index in [2.05, 4.69) is 15.5 Å². The molecular formula is C28H30N7O8S+. The first-order chi connectivity index (χ1) is 20.8. The molecule has 0 saturated carbocycles. The summed E-state index contributed by atoms with van der Waals surface area (Å²) < 4.78 is 1.83. The number of nitrogen functional groups attached to an aromatic ring is 1. The molecule has 5 heterocycles. The zero-order valence-corrected chi connectivity index (χ0v) is 24.8. The van der Waals surface area contributed by atoms with Crippen LogP contribution in [0.4, 0.5) is 10.8 Å². The second kappa shape index (κ2) is 11.5. The number of hydrogen-bond donors (Lipinski definition) is 4. The first-order valence-corrected chi connectivity index (χ1v) is 14.5. The molecule has 3 aliphatic heterocycles. The molecule has 2 aromatic rings. The normalized spacial score (nSPS) is 21.3. The third-order valence-corrected chi connectivity index (χ3v) is 8.21. The van der Waals surface area contributed by atoms with Crippen LogP contribution in [0.3, 0.4) is 0 Å². The van der Waals surface area contributed by atoms with Crippen molar-refractivity contribution in [3.05, 3.63) is 58.5 Å². The number of nitrogens with one attached hydrogen (secondary N) is 1. The summed E-state index contributed by atoms with van der Waals surface area (Å²) in [5, 5.41) is 27.3. The molecule has 5 rings (SSSR count). The Kier molecular flexibility index (Phi) is 7.94. The Balaban J connectivity index is 1.36. The number of nitrogens with two attached hydrogens (primary N) is 1. The van der Waals surface area contributed by atoms with Gasteiger partial charge < -0.3 is 31.0 Å². The number of anilines is 2. The molecule has 3 aliphatic rings. The molecule has 0 radical (unpaired) electrons. The highest BCUT2D eigenvalue weighted by atomic mass is 32.1. The van der Waals surface area contributed by atoms with Crippen LogP contribution in [0, 0.1) is 0 Å². The quantitative estimate of drug-likeness (QED) is 0.0988. The van der Waals surface area contributed by atoms with E-state index < -0.39 is 47.1 Å². The van der Waals surface area contributed by atoms with Gasteiger partial charge >= 0.3 is 11.9 Å².